The summed E-state index contributed by atoms with van der Waals surface area (Å²) in [5.74, 6) is -0.322. The maximum Gasteiger partial charge on any atom is 0.339 e. The lowest BCUT2D eigenvalue weighted by Gasteiger charge is -2.17. The van der Waals surface area contributed by atoms with Gasteiger partial charge < -0.3 is 9.47 Å². The SMILES string of the molecule is COC(=O)C1(C)CNCO1. The normalized spacial score (nSPS) is 32.2. The van der Waals surface area contributed by atoms with E-state index in [0.717, 1.165) is 0 Å². The van der Waals surface area contributed by atoms with Crippen molar-refractivity contribution in [2.75, 3.05) is 20.4 Å². The van der Waals surface area contributed by atoms with Crippen LogP contribution in [0.3, 0.4) is 0 Å². The highest BCUT2D eigenvalue weighted by Gasteiger charge is 2.38. The summed E-state index contributed by atoms with van der Waals surface area (Å²) >= 11 is 0. The zero-order valence-electron chi connectivity index (χ0n) is 6.14. The highest BCUT2D eigenvalue weighted by atomic mass is 16.6. The third-order valence-corrected chi connectivity index (χ3v) is 1.57. The number of carbonyl (C=O) groups excluding carboxylic acids is 1. The van der Waals surface area contributed by atoms with Gasteiger partial charge in [0.05, 0.1) is 13.8 Å². The number of hydrogen-bond donors (Lipinski definition) is 1. The summed E-state index contributed by atoms with van der Waals surface area (Å²) in [5, 5.41) is 2.90. The van der Waals surface area contributed by atoms with E-state index in [0.29, 0.717) is 13.3 Å². The Labute approximate surface area is 59.5 Å². The Bertz CT molecular complexity index is 140. The van der Waals surface area contributed by atoms with Crippen LogP contribution in [0, 0.1) is 0 Å². The minimum atomic E-state index is -0.769. The van der Waals surface area contributed by atoms with Crippen molar-refractivity contribution >= 4 is 5.97 Å². The second kappa shape index (κ2) is 2.56. The molecule has 1 atom stereocenters. The van der Waals surface area contributed by atoms with Gasteiger partial charge in [0.1, 0.15) is 0 Å². The van der Waals surface area contributed by atoms with Gasteiger partial charge in [-0.15, -0.1) is 0 Å². The average Bonchev–Trinajstić information content (AvgIpc) is 2.36. The van der Waals surface area contributed by atoms with Gasteiger partial charge in [0, 0.05) is 6.54 Å². The summed E-state index contributed by atoms with van der Waals surface area (Å²) < 4.78 is 9.64. The maximum absolute atomic E-state index is 10.9. The van der Waals surface area contributed by atoms with Crippen LogP contribution in [0.4, 0.5) is 0 Å². The Hall–Kier alpha value is -0.610. The van der Waals surface area contributed by atoms with Crippen LogP contribution in [0.2, 0.25) is 0 Å². The number of methoxy groups -OCH3 is 1. The molecule has 1 heterocycles. The zero-order valence-corrected chi connectivity index (χ0v) is 6.14. The first-order valence-corrected chi connectivity index (χ1v) is 3.12. The van der Waals surface area contributed by atoms with Crippen molar-refractivity contribution in [3.8, 4) is 0 Å². The highest BCUT2D eigenvalue weighted by Crippen LogP contribution is 2.14. The van der Waals surface area contributed by atoms with Crippen molar-refractivity contribution in [1.82, 2.24) is 5.32 Å². The van der Waals surface area contributed by atoms with Gasteiger partial charge in [-0.2, -0.15) is 0 Å². The largest absolute Gasteiger partial charge is 0.467 e. The van der Waals surface area contributed by atoms with Crippen LogP contribution in [0.15, 0.2) is 0 Å². The van der Waals surface area contributed by atoms with Crippen LogP contribution in [-0.4, -0.2) is 32.0 Å². The molecule has 0 bridgehead atoms. The van der Waals surface area contributed by atoms with Gasteiger partial charge in [-0.1, -0.05) is 0 Å². The van der Waals surface area contributed by atoms with Gasteiger partial charge in [-0.25, -0.2) is 4.79 Å². The van der Waals surface area contributed by atoms with E-state index < -0.39 is 5.60 Å². The van der Waals surface area contributed by atoms with Crippen LogP contribution in [0.5, 0.6) is 0 Å². The minimum Gasteiger partial charge on any atom is -0.467 e. The zero-order chi connectivity index (χ0) is 7.61. The minimum absolute atomic E-state index is 0.322. The van der Waals surface area contributed by atoms with Gasteiger partial charge in [0.25, 0.3) is 0 Å². The maximum atomic E-state index is 10.9. The van der Waals surface area contributed by atoms with Crippen molar-refractivity contribution < 1.29 is 14.3 Å². The van der Waals surface area contributed by atoms with Crippen LogP contribution in [0.1, 0.15) is 6.92 Å². The van der Waals surface area contributed by atoms with Crippen LogP contribution >= 0.6 is 0 Å². The third kappa shape index (κ3) is 1.12. The topological polar surface area (TPSA) is 47.6 Å². The van der Waals surface area contributed by atoms with E-state index in [2.05, 4.69) is 10.1 Å². The second-order valence-electron chi connectivity index (χ2n) is 2.44. The molecule has 1 saturated heterocycles. The van der Waals surface area contributed by atoms with Crippen LogP contribution < -0.4 is 5.32 Å². The number of hydrogen-bond acceptors (Lipinski definition) is 4. The molecule has 0 aromatic carbocycles. The first-order valence-electron chi connectivity index (χ1n) is 3.12. The van der Waals surface area contributed by atoms with E-state index in [1.54, 1.807) is 6.92 Å². The average molecular weight is 145 g/mol. The fourth-order valence-electron chi connectivity index (χ4n) is 0.898. The van der Waals surface area contributed by atoms with Crippen molar-refractivity contribution in [3.63, 3.8) is 0 Å². The molecule has 0 radical (unpaired) electrons. The second-order valence-corrected chi connectivity index (χ2v) is 2.44. The number of rotatable bonds is 1. The smallest absolute Gasteiger partial charge is 0.339 e. The first-order chi connectivity index (χ1) is 4.69. The molecule has 1 aliphatic rings. The molecule has 1 N–H and O–H groups in total. The van der Waals surface area contributed by atoms with Gasteiger partial charge in [-0.05, 0) is 6.92 Å². The fourth-order valence-corrected chi connectivity index (χ4v) is 0.898. The van der Waals surface area contributed by atoms with Crippen LogP contribution in [0.25, 0.3) is 0 Å². The highest BCUT2D eigenvalue weighted by molar-refractivity contribution is 5.79. The van der Waals surface area contributed by atoms with Crippen molar-refractivity contribution in [3.05, 3.63) is 0 Å². The molecule has 1 aliphatic heterocycles. The van der Waals surface area contributed by atoms with Crippen molar-refractivity contribution in [2.24, 2.45) is 0 Å². The molecule has 4 nitrogen and oxygen atoms in total. The Balaban J connectivity index is 2.58. The molecular weight excluding hydrogens is 134 g/mol. The van der Waals surface area contributed by atoms with Crippen molar-refractivity contribution in [1.29, 1.82) is 0 Å². The van der Waals surface area contributed by atoms with Gasteiger partial charge in [0.15, 0.2) is 5.60 Å². The molecule has 0 aliphatic carbocycles. The predicted molar refractivity (Wildman–Crippen MR) is 34.4 cm³/mol. The van der Waals surface area contributed by atoms with Crippen LogP contribution in [-0.2, 0) is 14.3 Å². The van der Waals surface area contributed by atoms with Gasteiger partial charge in [-0.3, -0.25) is 5.32 Å². The number of carbonyl (C=O) groups is 1. The van der Waals surface area contributed by atoms with E-state index >= 15 is 0 Å². The lowest BCUT2D eigenvalue weighted by molar-refractivity contribution is -0.160. The van der Waals surface area contributed by atoms with E-state index in [-0.39, 0.29) is 5.97 Å². The van der Waals surface area contributed by atoms with Crippen molar-refractivity contribution in [2.45, 2.75) is 12.5 Å². The molecule has 10 heavy (non-hydrogen) atoms. The summed E-state index contributed by atoms with van der Waals surface area (Å²) in [4.78, 5) is 10.9. The van der Waals surface area contributed by atoms with E-state index in [1.807, 2.05) is 0 Å². The predicted octanol–water partition coefficient (Wildman–Crippen LogP) is -0.505. The van der Waals surface area contributed by atoms with E-state index in [4.69, 9.17) is 4.74 Å². The lowest BCUT2D eigenvalue weighted by Crippen LogP contribution is -2.39. The van der Waals surface area contributed by atoms with E-state index in [1.165, 1.54) is 7.11 Å². The molecule has 0 saturated carbocycles. The fraction of sp³-hybridized carbons (Fsp3) is 0.833. The monoisotopic (exact) mass is 145 g/mol. The molecule has 0 amide bonds. The van der Waals surface area contributed by atoms with E-state index in [9.17, 15) is 4.79 Å². The molecular formula is C6H11NO3. The summed E-state index contributed by atoms with van der Waals surface area (Å²) in [6.45, 7) is 2.66. The van der Waals surface area contributed by atoms with Gasteiger partial charge >= 0.3 is 5.97 Å². The Kier molecular flexibility index (Phi) is 1.92. The summed E-state index contributed by atoms with van der Waals surface area (Å²) in [6, 6.07) is 0. The number of esters is 1. The quantitative estimate of drug-likeness (QED) is 0.505. The molecule has 0 aromatic heterocycles. The Morgan fingerprint density at radius 2 is 2.50 bits per heavy atom. The molecule has 1 fully saturated rings. The number of nitrogens with one attached hydrogen (secondary N) is 1. The Morgan fingerprint density at radius 3 is 2.90 bits per heavy atom. The number of ether oxygens (including phenoxy) is 2. The lowest BCUT2D eigenvalue weighted by atomic mass is 10.1. The summed E-state index contributed by atoms with van der Waals surface area (Å²) in [6.07, 6.45) is 0. The molecule has 0 spiro atoms. The molecule has 0 aromatic rings. The standard InChI is InChI=1S/C6H11NO3/c1-6(5(8)9-2)3-7-4-10-6/h7H,3-4H2,1-2H3. The molecule has 4 heteroatoms. The molecule has 1 unspecified atom stereocenters. The molecule has 1 rings (SSSR count). The summed E-state index contributed by atoms with van der Waals surface area (Å²) in [5.41, 5.74) is -0.769. The molecule has 58 valence electrons. The Morgan fingerprint density at radius 1 is 1.80 bits per heavy atom. The third-order valence-electron chi connectivity index (χ3n) is 1.57. The van der Waals surface area contributed by atoms with Gasteiger partial charge in [0.2, 0.25) is 0 Å². The first kappa shape index (κ1) is 7.50. The summed E-state index contributed by atoms with van der Waals surface area (Å²) in [7, 11) is 1.36.